The molecule has 19 heavy (non-hydrogen) atoms. The number of halogens is 3. The lowest BCUT2D eigenvalue weighted by Gasteiger charge is -2.08. The second-order valence-electron chi connectivity index (χ2n) is 4.73. The zero-order valence-electron chi connectivity index (χ0n) is 10.6. The zero-order valence-corrected chi connectivity index (χ0v) is 14.6. The Hall–Kier alpha value is -0.450. The van der Waals surface area contributed by atoms with Crippen molar-refractivity contribution in [1.29, 1.82) is 0 Å². The summed E-state index contributed by atoms with van der Waals surface area (Å²) in [6.45, 7) is 4.32. The number of hydrogen-bond donors (Lipinski definition) is 0. The van der Waals surface area contributed by atoms with Crippen LogP contribution in [0.25, 0.3) is 11.4 Å². The van der Waals surface area contributed by atoms with Crippen molar-refractivity contribution in [3.8, 4) is 11.4 Å². The van der Waals surface area contributed by atoms with E-state index in [0.29, 0.717) is 16.9 Å². The monoisotopic (exact) mass is 402 g/mol. The second kappa shape index (κ2) is 6.33. The summed E-state index contributed by atoms with van der Waals surface area (Å²) in [5.41, 5.74) is 1.92. The van der Waals surface area contributed by atoms with E-state index >= 15 is 0 Å². The molecule has 0 saturated carbocycles. The first-order valence-electron chi connectivity index (χ1n) is 5.94. The standard InChI is InChI=1S/C14H13Br2ClN2/c1-8(2)5-10-7-13(17)19-14(18-10)9-3-4-11(15)12(16)6-9/h3-4,6-8H,5H2,1-2H3. The van der Waals surface area contributed by atoms with Crippen molar-refractivity contribution in [2.75, 3.05) is 0 Å². The van der Waals surface area contributed by atoms with Gasteiger partial charge in [0.15, 0.2) is 5.82 Å². The summed E-state index contributed by atoms with van der Waals surface area (Å²) >= 11 is 13.0. The Kier molecular flexibility index (Phi) is 4.98. The van der Waals surface area contributed by atoms with Crippen molar-refractivity contribution in [3.63, 3.8) is 0 Å². The molecule has 0 spiro atoms. The van der Waals surface area contributed by atoms with Gasteiger partial charge in [0.1, 0.15) is 5.15 Å². The molecule has 1 aromatic carbocycles. The molecule has 2 rings (SSSR count). The Balaban J connectivity index is 2.43. The molecule has 0 unspecified atom stereocenters. The van der Waals surface area contributed by atoms with Crippen LogP contribution in [0.2, 0.25) is 5.15 Å². The normalized spacial score (nSPS) is 11.1. The maximum absolute atomic E-state index is 6.08. The van der Waals surface area contributed by atoms with Crippen LogP contribution in [0.1, 0.15) is 19.5 Å². The largest absolute Gasteiger partial charge is 0.233 e. The molecule has 0 amide bonds. The van der Waals surface area contributed by atoms with E-state index in [1.807, 2.05) is 24.3 Å². The fourth-order valence-electron chi connectivity index (χ4n) is 1.75. The average molecular weight is 405 g/mol. The first-order chi connectivity index (χ1) is 8.95. The summed E-state index contributed by atoms with van der Waals surface area (Å²) in [4.78, 5) is 8.88. The molecule has 2 aromatic rings. The van der Waals surface area contributed by atoms with Gasteiger partial charge in [-0.1, -0.05) is 25.4 Å². The van der Waals surface area contributed by atoms with Crippen LogP contribution >= 0.6 is 43.5 Å². The summed E-state index contributed by atoms with van der Waals surface area (Å²) in [6.07, 6.45) is 0.896. The lowest BCUT2D eigenvalue weighted by molar-refractivity contribution is 0.634. The predicted octanol–water partition coefficient (Wildman–Crippen LogP) is 5.52. The van der Waals surface area contributed by atoms with Crippen LogP contribution < -0.4 is 0 Å². The lowest BCUT2D eigenvalue weighted by Crippen LogP contribution is -2.00. The molecular formula is C14H13Br2ClN2. The highest BCUT2D eigenvalue weighted by Gasteiger charge is 2.09. The highest BCUT2D eigenvalue weighted by molar-refractivity contribution is 9.13. The van der Waals surface area contributed by atoms with Gasteiger partial charge in [0.25, 0.3) is 0 Å². The van der Waals surface area contributed by atoms with E-state index < -0.39 is 0 Å². The van der Waals surface area contributed by atoms with Crippen LogP contribution in [0.4, 0.5) is 0 Å². The number of benzene rings is 1. The molecular weight excluding hydrogens is 391 g/mol. The van der Waals surface area contributed by atoms with Gasteiger partial charge in [0.05, 0.1) is 0 Å². The number of hydrogen-bond acceptors (Lipinski definition) is 2. The van der Waals surface area contributed by atoms with Gasteiger partial charge in [-0.05, 0) is 68.5 Å². The van der Waals surface area contributed by atoms with Gasteiger partial charge >= 0.3 is 0 Å². The van der Waals surface area contributed by atoms with Crippen LogP contribution in [0.5, 0.6) is 0 Å². The van der Waals surface area contributed by atoms with Gasteiger partial charge in [-0.25, -0.2) is 9.97 Å². The van der Waals surface area contributed by atoms with Crippen molar-refractivity contribution in [2.24, 2.45) is 5.92 Å². The third-order valence-corrected chi connectivity index (χ3v) is 4.62. The second-order valence-corrected chi connectivity index (χ2v) is 6.83. The zero-order chi connectivity index (χ0) is 14.0. The van der Waals surface area contributed by atoms with Crippen LogP contribution in [0, 0.1) is 5.92 Å². The van der Waals surface area contributed by atoms with E-state index in [4.69, 9.17) is 11.6 Å². The van der Waals surface area contributed by atoms with Gasteiger partial charge in [-0.3, -0.25) is 0 Å². The van der Waals surface area contributed by atoms with Gasteiger partial charge < -0.3 is 0 Å². The molecule has 100 valence electrons. The van der Waals surface area contributed by atoms with Gasteiger partial charge in [-0.15, -0.1) is 0 Å². The smallest absolute Gasteiger partial charge is 0.161 e. The molecule has 0 aliphatic heterocycles. The fourth-order valence-corrected chi connectivity index (χ4v) is 2.58. The molecule has 0 N–H and O–H groups in total. The maximum Gasteiger partial charge on any atom is 0.161 e. The number of aromatic nitrogens is 2. The molecule has 5 heteroatoms. The third-order valence-electron chi connectivity index (χ3n) is 2.54. The summed E-state index contributed by atoms with van der Waals surface area (Å²) in [5, 5.41) is 0.486. The molecule has 0 aliphatic rings. The SMILES string of the molecule is CC(C)Cc1cc(Cl)nc(-c2ccc(Br)c(Br)c2)n1. The van der Waals surface area contributed by atoms with Gasteiger partial charge in [-0.2, -0.15) is 0 Å². The van der Waals surface area contributed by atoms with Crippen molar-refractivity contribution in [2.45, 2.75) is 20.3 Å². The van der Waals surface area contributed by atoms with E-state index in [1.165, 1.54) is 0 Å². The van der Waals surface area contributed by atoms with Crippen LogP contribution in [0.15, 0.2) is 33.2 Å². The third kappa shape index (κ3) is 4.01. The minimum Gasteiger partial charge on any atom is -0.233 e. The Morgan fingerprint density at radius 1 is 1.11 bits per heavy atom. The van der Waals surface area contributed by atoms with E-state index in [1.54, 1.807) is 0 Å². The van der Waals surface area contributed by atoms with Crippen LogP contribution in [-0.2, 0) is 6.42 Å². The summed E-state index contributed by atoms with van der Waals surface area (Å²) < 4.78 is 1.97. The van der Waals surface area contributed by atoms with Crippen LogP contribution in [-0.4, -0.2) is 9.97 Å². The fraction of sp³-hybridized carbons (Fsp3) is 0.286. The maximum atomic E-state index is 6.08. The van der Waals surface area contributed by atoms with E-state index in [0.717, 1.165) is 26.6 Å². The Labute approximate surface area is 134 Å². The number of nitrogens with zero attached hydrogens (tertiary/aromatic N) is 2. The molecule has 0 fully saturated rings. The first-order valence-corrected chi connectivity index (χ1v) is 7.91. The highest BCUT2D eigenvalue weighted by Crippen LogP contribution is 2.28. The minimum atomic E-state index is 0.486. The Morgan fingerprint density at radius 2 is 1.84 bits per heavy atom. The molecule has 1 aromatic heterocycles. The van der Waals surface area contributed by atoms with E-state index in [2.05, 4.69) is 55.7 Å². The van der Waals surface area contributed by atoms with Gasteiger partial charge in [0.2, 0.25) is 0 Å². The van der Waals surface area contributed by atoms with Crippen molar-refractivity contribution >= 4 is 43.5 Å². The Morgan fingerprint density at radius 3 is 2.47 bits per heavy atom. The molecule has 0 bridgehead atoms. The lowest BCUT2D eigenvalue weighted by atomic mass is 10.1. The first kappa shape index (κ1) is 14.9. The van der Waals surface area contributed by atoms with Gasteiger partial charge in [0, 0.05) is 20.2 Å². The molecule has 0 aliphatic carbocycles. The predicted molar refractivity (Wildman–Crippen MR) is 86.4 cm³/mol. The Bertz CT molecular complexity index is 600. The van der Waals surface area contributed by atoms with E-state index in [-0.39, 0.29) is 0 Å². The average Bonchev–Trinajstić information content (AvgIpc) is 2.31. The van der Waals surface area contributed by atoms with Crippen molar-refractivity contribution in [3.05, 3.63) is 44.1 Å². The van der Waals surface area contributed by atoms with E-state index in [9.17, 15) is 0 Å². The van der Waals surface area contributed by atoms with Crippen LogP contribution in [0.3, 0.4) is 0 Å². The molecule has 2 nitrogen and oxygen atoms in total. The molecule has 0 atom stereocenters. The van der Waals surface area contributed by atoms with Crippen molar-refractivity contribution in [1.82, 2.24) is 9.97 Å². The summed E-state index contributed by atoms with van der Waals surface area (Å²) in [5.74, 6) is 1.20. The summed E-state index contributed by atoms with van der Waals surface area (Å²) in [7, 11) is 0. The highest BCUT2D eigenvalue weighted by atomic mass is 79.9. The topological polar surface area (TPSA) is 25.8 Å². The quantitative estimate of drug-likeness (QED) is 0.630. The minimum absolute atomic E-state index is 0.486. The van der Waals surface area contributed by atoms with Crippen molar-refractivity contribution < 1.29 is 0 Å². The molecule has 0 radical (unpaired) electrons. The molecule has 1 heterocycles. The molecule has 0 saturated heterocycles. The summed E-state index contributed by atoms with van der Waals surface area (Å²) in [6, 6.07) is 7.75. The number of rotatable bonds is 3.